The van der Waals surface area contributed by atoms with Crippen LogP contribution in [-0.4, -0.2) is 53.9 Å². The molecule has 2 aliphatic heterocycles. The first kappa shape index (κ1) is 16.8. The van der Waals surface area contributed by atoms with Crippen LogP contribution in [0.15, 0.2) is 29.4 Å². The van der Waals surface area contributed by atoms with E-state index in [0.29, 0.717) is 11.7 Å². The number of hydrogen-bond acceptors (Lipinski definition) is 6. The van der Waals surface area contributed by atoms with Gasteiger partial charge in [0.05, 0.1) is 7.11 Å². The minimum absolute atomic E-state index is 0.0942. The number of fused-ring (bicyclic) bond motifs is 3. The molecule has 8 nitrogen and oxygen atoms in total. The Morgan fingerprint density at radius 3 is 2.85 bits per heavy atom. The molecule has 2 N–H and O–H groups in total. The summed E-state index contributed by atoms with van der Waals surface area (Å²) in [6, 6.07) is 7.13. The molecule has 3 aliphatic rings. The monoisotopic (exact) mass is 357 g/mol. The number of rotatable bonds is 4. The molecule has 2 amide bonds. The van der Waals surface area contributed by atoms with Gasteiger partial charge in [0.25, 0.3) is 5.91 Å². The van der Waals surface area contributed by atoms with Crippen LogP contribution in [0.3, 0.4) is 0 Å². The largest absolute Gasteiger partial charge is 0.497 e. The third-order valence-corrected chi connectivity index (χ3v) is 5.33. The number of hydrazine groups is 1. The first-order valence-electron chi connectivity index (χ1n) is 8.99. The van der Waals surface area contributed by atoms with Crippen molar-refractivity contribution in [1.29, 1.82) is 0 Å². The average molecular weight is 357 g/mol. The van der Waals surface area contributed by atoms with Gasteiger partial charge in [-0.1, -0.05) is 12.8 Å². The maximum Gasteiger partial charge on any atom is 0.267 e. The Morgan fingerprint density at radius 1 is 1.31 bits per heavy atom. The van der Waals surface area contributed by atoms with Crippen molar-refractivity contribution < 1.29 is 14.3 Å². The zero-order chi connectivity index (χ0) is 18.1. The molecule has 1 aromatic carbocycles. The highest BCUT2D eigenvalue weighted by molar-refractivity contribution is 5.96. The summed E-state index contributed by atoms with van der Waals surface area (Å²) in [6.45, 7) is -0.0942. The molecule has 0 radical (unpaired) electrons. The first-order chi connectivity index (χ1) is 12.7. The fourth-order valence-electron chi connectivity index (χ4n) is 4.04. The van der Waals surface area contributed by atoms with E-state index in [0.717, 1.165) is 25.0 Å². The molecular formula is C18H23N5O3. The molecule has 3 atom stereocenters. The van der Waals surface area contributed by atoms with Crippen molar-refractivity contribution in [1.82, 2.24) is 15.4 Å². The quantitative estimate of drug-likeness (QED) is 0.845. The van der Waals surface area contributed by atoms with Gasteiger partial charge in [0.1, 0.15) is 24.7 Å². The van der Waals surface area contributed by atoms with Crippen molar-refractivity contribution in [2.45, 2.75) is 37.8 Å². The highest BCUT2D eigenvalue weighted by atomic mass is 16.5. The number of amides is 2. The van der Waals surface area contributed by atoms with E-state index in [1.807, 2.05) is 5.01 Å². The molecule has 8 heteroatoms. The van der Waals surface area contributed by atoms with Gasteiger partial charge < -0.3 is 10.1 Å². The van der Waals surface area contributed by atoms with Crippen LogP contribution >= 0.6 is 0 Å². The molecule has 4 rings (SSSR count). The maximum atomic E-state index is 12.9. The molecule has 1 saturated heterocycles. The van der Waals surface area contributed by atoms with Gasteiger partial charge in [-0.3, -0.25) is 14.6 Å². The van der Waals surface area contributed by atoms with Crippen LogP contribution in [0.4, 0.5) is 5.69 Å². The Morgan fingerprint density at radius 2 is 2.08 bits per heavy atom. The molecule has 1 aliphatic carbocycles. The molecule has 138 valence electrons. The summed E-state index contributed by atoms with van der Waals surface area (Å²) in [7, 11) is 1.59. The van der Waals surface area contributed by atoms with Crippen molar-refractivity contribution in [3.63, 3.8) is 0 Å². The number of anilines is 1. The third kappa shape index (κ3) is 3.12. The Bertz CT molecular complexity index is 720. The zero-order valence-corrected chi connectivity index (χ0v) is 14.7. The lowest BCUT2D eigenvalue weighted by Crippen LogP contribution is -2.53. The molecule has 3 unspecified atom stereocenters. The number of ether oxygens (including phenoxy) is 1. The lowest BCUT2D eigenvalue weighted by atomic mass is 9.81. The number of carbonyl (C=O) groups is 2. The Labute approximate surface area is 152 Å². The fraction of sp³-hybridized carbons (Fsp3) is 0.500. The normalized spacial score (nSPS) is 27.1. The van der Waals surface area contributed by atoms with Gasteiger partial charge in [-0.05, 0) is 37.1 Å². The predicted molar refractivity (Wildman–Crippen MR) is 96.3 cm³/mol. The van der Waals surface area contributed by atoms with Crippen LogP contribution in [0.2, 0.25) is 0 Å². The lowest BCUT2D eigenvalue weighted by Gasteiger charge is -2.32. The molecule has 0 spiro atoms. The van der Waals surface area contributed by atoms with E-state index in [9.17, 15) is 9.59 Å². The first-order valence-corrected chi connectivity index (χ1v) is 8.99. The van der Waals surface area contributed by atoms with Gasteiger partial charge >= 0.3 is 0 Å². The third-order valence-electron chi connectivity index (χ3n) is 5.33. The number of hydrazone groups is 1. The number of methoxy groups -OCH3 is 1. The van der Waals surface area contributed by atoms with E-state index < -0.39 is 0 Å². The average Bonchev–Trinajstić information content (AvgIpc) is 3.04. The summed E-state index contributed by atoms with van der Waals surface area (Å²) in [5, 5.41) is 10.0. The van der Waals surface area contributed by atoms with E-state index in [4.69, 9.17) is 4.74 Å². The van der Waals surface area contributed by atoms with Crippen LogP contribution < -0.4 is 15.5 Å². The van der Waals surface area contributed by atoms with E-state index in [2.05, 4.69) is 15.8 Å². The van der Waals surface area contributed by atoms with Gasteiger partial charge in [0.2, 0.25) is 5.91 Å². The summed E-state index contributed by atoms with van der Waals surface area (Å²) < 4.78 is 5.10. The molecule has 1 aromatic rings. The molecule has 1 saturated carbocycles. The number of hydrogen-bond donors (Lipinski definition) is 2. The van der Waals surface area contributed by atoms with Crippen molar-refractivity contribution in [2.24, 2.45) is 11.0 Å². The number of nitrogens with zero attached hydrogens (tertiary/aromatic N) is 3. The second-order valence-electron chi connectivity index (χ2n) is 6.94. The van der Waals surface area contributed by atoms with Gasteiger partial charge in [-0.15, -0.1) is 0 Å². The van der Waals surface area contributed by atoms with Crippen molar-refractivity contribution in [3.05, 3.63) is 24.3 Å². The summed E-state index contributed by atoms with van der Waals surface area (Å²) >= 11 is 0. The lowest BCUT2D eigenvalue weighted by molar-refractivity contribution is -0.140. The van der Waals surface area contributed by atoms with Crippen molar-refractivity contribution in [2.75, 3.05) is 19.0 Å². The van der Waals surface area contributed by atoms with E-state index in [1.165, 1.54) is 11.4 Å². The van der Waals surface area contributed by atoms with E-state index in [-0.39, 0.29) is 30.3 Å². The topological polar surface area (TPSA) is 86.3 Å². The summed E-state index contributed by atoms with van der Waals surface area (Å²) in [4.78, 5) is 25.2. The summed E-state index contributed by atoms with van der Waals surface area (Å²) in [5.41, 5.74) is 4.03. The van der Waals surface area contributed by atoms with Crippen LogP contribution in [0, 0.1) is 5.92 Å². The Hall–Kier alpha value is -2.61. The predicted octanol–water partition coefficient (Wildman–Crippen LogP) is 1.17. The number of nitrogens with one attached hydrogen (secondary N) is 2. The zero-order valence-electron chi connectivity index (χ0n) is 14.7. The smallest absolute Gasteiger partial charge is 0.267 e. The van der Waals surface area contributed by atoms with Crippen molar-refractivity contribution in [3.8, 4) is 5.75 Å². The second-order valence-corrected chi connectivity index (χ2v) is 6.94. The molecule has 2 fully saturated rings. The Balaban J connectivity index is 1.39. The van der Waals surface area contributed by atoms with E-state index in [1.54, 1.807) is 37.7 Å². The summed E-state index contributed by atoms with van der Waals surface area (Å²) in [5.74, 6) is 0.615. The standard InChI is InChI=1S/C18H23N5O3/c1-26-13-8-6-12(7-9-13)20-16(24)10-22-18(25)17-14-4-2-3-5-15(14)21-23(17)11-19-22/h6-9,11,14-15,17,21H,2-5,10H2,1H3,(H,20,24). The second kappa shape index (κ2) is 6.95. The highest BCUT2D eigenvalue weighted by Crippen LogP contribution is 2.35. The van der Waals surface area contributed by atoms with Gasteiger partial charge in [0, 0.05) is 17.6 Å². The minimum atomic E-state index is -0.278. The minimum Gasteiger partial charge on any atom is -0.497 e. The number of benzene rings is 1. The molecule has 0 bridgehead atoms. The highest BCUT2D eigenvalue weighted by Gasteiger charge is 2.48. The molecule has 0 aromatic heterocycles. The van der Waals surface area contributed by atoms with Gasteiger partial charge in [0.15, 0.2) is 0 Å². The van der Waals surface area contributed by atoms with Gasteiger partial charge in [-0.2, -0.15) is 5.10 Å². The molecular weight excluding hydrogens is 334 g/mol. The SMILES string of the molecule is COc1ccc(NC(=O)CN2N=CN3NC4CCCCC4C3C2=O)cc1. The summed E-state index contributed by atoms with van der Waals surface area (Å²) in [6.07, 6.45) is 6.08. The van der Waals surface area contributed by atoms with Crippen LogP contribution in [0.25, 0.3) is 0 Å². The fourth-order valence-corrected chi connectivity index (χ4v) is 4.04. The number of carbonyl (C=O) groups excluding carboxylic acids is 2. The van der Waals surface area contributed by atoms with Crippen LogP contribution in [0.1, 0.15) is 25.7 Å². The van der Waals surface area contributed by atoms with Crippen LogP contribution in [0.5, 0.6) is 5.75 Å². The maximum absolute atomic E-state index is 12.9. The van der Waals surface area contributed by atoms with Crippen molar-refractivity contribution >= 4 is 23.8 Å². The Kier molecular flexibility index (Phi) is 4.50. The van der Waals surface area contributed by atoms with E-state index >= 15 is 0 Å². The molecule has 26 heavy (non-hydrogen) atoms. The molecule has 2 heterocycles. The van der Waals surface area contributed by atoms with Crippen LogP contribution in [-0.2, 0) is 9.59 Å². The van der Waals surface area contributed by atoms with Gasteiger partial charge in [-0.25, -0.2) is 10.4 Å².